The van der Waals surface area contributed by atoms with Crippen LogP contribution in [0, 0.1) is 11.8 Å². The molecule has 5 heteroatoms. The summed E-state index contributed by atoms with van der Waals surface area (Å²) in [5.74, 6) is 1.35. The van der Waals surface area contributed by atoms with E-state index in [-0.39, 0.29) is 0 Å². The maximum atomic E-state index is 11.8. The lowest BCUT2D eigenvalue weighted by Crippen LogP contribution is -2.31. The number of alkyl halides is 2. The van der Waals surface area contributed by atoms with Gasteiger partial charge in [0, 0.05) is 25.7 Å². The van der Waals surface area contributed by atoms with Crippen molar-refractivity contribution in [3.8, 4) is 0 Å². The highest BCUT2D eigenvalue weighted by atomic mass is 19.3. The van der Waals surface area contributed by atoms with Gasteiger partial charge in [0.25, 0.3) is 6.43 Å². The molecule has 3 unspecified atom stereocenters. The SMILES string of the molecule is NC1CCC2CN(CCOCC(F)F)CC12. The minimum Gasteiger partial charge on any atom is -0.374 e. The first-order valence-corrected chi connectivity index (χ1v) is 6.00. The first-order valence-electron chi connectivity index (χ1n) is 6.00. The average Bonchev–Trinajstić information content (AvgIpc) is 2.76. The van der Waals surface area contributed by atoms with Gasteiger partial charge >= 0.3 is 0 Å². The van der Waals surface area contributed by atoms with Crippen molar-refractivity contribution in [2.75, 3.05) is 32.8 Å². The second-order valence-electron chi connectivity index (χ2n) is 4.89. The van der Waals surface area contributed by atoms with Crippen molar-refractivity contribution in [3.05, 3.63) is 0 Å². The minimum atomic E-state index is -2.36. The molecule has 1 heterocycles. The van der Waals surface area contributed by atoms with Crippen molar-refractivity contribution in [2.24, 2.45) is 17.6 Å². The molecular weight excluding hydrogens is 214 g/mol. The quantitative estimate of drug-likeness (QED) is 0.719. The number of nitrogens with zero attached hydrogens (tertiary/aromatic N) is 1. The van der Waals surface area contributed by atoms with Gasteiger partial charge < -0.3 is 15.4 Å². The van der Waals surface area contributed by atoms with Crippen molar-refractivity contribution in [3.63, 3.8) is 0 Å². The van der Waals surface area contributed by atoms with Gasteiger partial charge in [-0.3, -0.25) is 0 Å². The molecule has 1 aliphatic heterocycles. The normalized spacial score (nSPS) is 34.9. The first kappa shape index (κ1) is 12.2. The van der Waals surface area contributed by atoms with Crippen LogP contribution in [0.3, 0.4) is 0 Å². The Balaban J connectivity index is 1.62. The molecule has 2 rings (SSSR count). The summed E-state index contributed by atoms with van der Waals surface area (Å²) in [6.45, 7) is 2.80. The Kier molecular flexibility index (Phi) is 4.10. The van der Waals surface area contributed by atoms with Crippen LogP contribution < -0.4 is 5.73 Å². The molecule has 1 saturated carbocycles. The fourth-order valence-corrected chi connectivity index (χ4v) is 2.95. The molecule has 0 aromatic rings. The largest absolute Gasteiger partial charge is 0.374 e. The Labute approximate surface area is 94.9 Å². The molecule has 0 spiro atoms. The van der Waals surface area contributed by atoms with Crippen LogP contribution in [-0.2, 0) is 4.74 Å². The molecule has 0 amide bonds. The van der Waals surface area contributed by atoms with E-state index in [1.54, 1.807) is 0 Å². The maximum absolute atomic E-state index is 11.8. The second kappa shape index (κ2) is 5.38. The molecule has 1 saturated heterocycles. The van der Waals surface area contributed by atoms with Crippen LogP contribution in [0.5, 0.6) is 0 Å². The molecule has 2 N–H and O–H groups in total. The number of halogens is 2. The third-order valence-electron chi connectivity index (χ3n) is 3.78. The predicted octanol–water partition coefficient (Wildman–Crippen LogP) is 0.937. The Morgan fingerprint density at radius 2 is 2.12 bits per heavy atom. The number of ether oxygens (including phenoxy) is 1. The van der Waals surface area contributed by atoms with Gasteiger partial charge in [0.05, 0.1) is 6.61 Å². The molecule has 0 radical (unpaired) electrons. The van der Waals surface area contributed by atoms with Crippen LogP contribution >= 0.6 is 0 Å². The van der Waals surface area contributed by atoms with Crippen molar-refractivity contribution < 1.29 is 13.5 Å². The fraction of sp³-hybridized carbons (Fsp3) is 1.00. The Morgan fingerprint density at radius 1 is 1.31 bits per heavy atom. The van der Waals surface area contributed by atoms with Gasteiger partial charge in [-0.25, -0.2) is 8.78 Å². The van der Waals surface area contributed by atoms with Crippen molar-refractivity contribution in [2.45, 2.75) is 25.3 Å². The van der Waals surface area contributed by atoms with E-state index < -0.39 is 13.0 Å². The van der Waals surface area contributed by atoms with Crippen molar-refractivity contribution in [1.29, 1.82) is 0 Å². The average molecular weight is 234 g/mol. The molecule has 94 valence electrons. The van der Waals surface area contributed by atoms with Crippen LogP contribution in [0.15, 0.2) is 0 Å². The lowest BCUT2D eigenvalue weighted by molar-refractivity contribution is 0.0109. The summed E-state index contributed by atoms with van der Waals surface area (Å²) in [4.78, 5) is 2.29. The molecule has 3 nitrogen and oxygen atoms in total. The fourth-order valence-electron chi connectivity index (χ4n) is 2.95. The van der Waals surface area contributed by atoms with E-state index in [1.807, 2.05) is 0 Å². The lowest BCUT2D eigenvalue weighted by Gasteiger charge is -2.18. The smallest absolute Gasteiger partial charge is 0.261 e. The van der Waals surface area contributed by atoms with Crippen molar-refractivity contribution >= 4 is 0 Å². The van der Waals surface area contributed by atoms with Crippen LogP contribution in [0.4, 0.5) is 8.78 Å². The van der Waals surface area contributed by atoms with E-state index >= 15 is 0 Å². The first-order chi connectivity index (χ1) is 7.66. The molecule has 0 aromatic heterocycles. The van der Waals surface area contributed by atoms with Gasteiger partial charge in [-0.1, -0.05) is 0 Å². The summed E-state index contributed by atoms with van der Waals surface area (Å²) >= 11 is 0. The second-order valence-corrected chi connectivity index (χ2v) is 4.89. The summed E-state index contributed by atoms with van der Waals surface area (Å²) in [5.41, 5.74) is 6.02. The minimum absolute atomic E-state index is 0.344. The van der Waals surface area contributed by atoms with Crippen LogP contribution in [0.25, 0.3) is 0 Å². The van der Waals surface area contributed by atoms with Gasteiger partial charge in [0.2, 0.25) is 0 Å². The molecule has 3 atom stereocenters. The van der Waals surface area contributed by atoms with Crippen LogP contribution in [0.2, 0.25) is 0 Å². The summed E-state index contributed by atoms with van der Waals surface area (Å²) < 4.78 is 28.5. The summed E-state index contributed by atoms with van der Waals surface area (Å²) in [5, 5.41) is 0. The lowest BCUT2D eigenvalue weighted by atomic mass is 9.98. The number of hydrogen-bond acceptors (Lipinski definition) is 3. The number of likely N-dealkylation sites (tertiary alicyclic amines) is 1. The van der Waals surface area contributed by atoms with Gasteiger partial charge in [-0.2, -0.15) is 0 Å². The van der Waals surface area contributed by atoms with Crippen LogP contribution in [-0.4, -0.2) is 50.2 Å². The zero-order chi connectivity index (χ0) is 11.5. The molecule has 16 heavy (non-hydrogen) atoms. The van der Waals surface area contributed by atoms with E-state index in [9.17, 15) is 8.78 Å². The number of rotatable bonds is 5. The van der Waals surface area contributed by atoms with Gasteiger partial charge in [-0.05, 0) is 24.7 Å². The van der Waals surface area contributed by atoms with Gasteiger partial charge in [0.1, 0.15) is 6.61 Å². The highest BCUT2D eigenvalue weighted by molar-refractivity contribution is 4.95. The molecule has 2 aliphatic rings. The zero-order valence-corrected chi connectivity index (χ0v) is 9.45. The number of fused-ring (bicyclic) bond motifs is 1. The third-order valence-corrected chi connectivity index (χ3v) is 3.78. The highest BCUT2D eigenvalue weighted by Gasteiger charge is 2.40. The summed E-state index contributed by atoms with van der Waals surface area (Å²) in [6.07, 6.45) is 0.0111. The molecule has 1 aliphatic carbocycles. The highest BCUT2D eigenvalue weighted by Crippen LogP contribution is 2.36. The Morgan fingerprint density at radius 3 is 2.81 bits per heavy atom. The molecule has 0 bridgehead atoms. The topological polar surface area (TPSA) is 38.5 Å². The summed E-state index contributed by atoms with van der Waals surface area (Å²) in [7, 11) is 0. The number of nitrogens with two attached hydrogens (primary N) is 1. The van der Waals surface area contributed by atoms with Gasteiger partial charge in [0.15, 0.2) is 0 Å². The zero-order valence-electron chi connectivity index (χ0n) is 9.45. The van der Waals surface area contributed by atoms with Crippen molar-refractivity contribution in [1.82, 2.24) is 4.90 Å². The third kappa shape index (κ3) is 2.90. The molecular formula is C11H20F2N2O. The van der Waals surface area contributed by atoms with E-state index in [0.29, 0.717) is 18.6 Å². The van der Waals surface area contributed by atoms with E-state index in [4.69, 9.17) is 10.5 Å². The monoisotopic (exact) mass is 234 g/mol. The van der Waals surface area contributed by atoms with E-state index in [0.717, 1.165) is 32.0 Å². The maximum Gasteiger partial charge on any atom is 0.261 e. The number of hydrogen-bond donors (Lipinski definition) is 1. The van der Waals surface area contributed by atoms with Gasteiger partial charge in [-0.15, -0.1) is 0 Å². The van der Waals surface area contributed by atoms with Crippen LogP contribution in [0.1, 0.15) is 12.8 Å². The molecule has 2 fully saturated rings. The summed E-state index contributed by atoms with van der Waals surface area (Å²) in [6, 6.07) is 0.344. The Hall–Kier alpha value is -0.260. The standard InChI is InChI=1S/C11H20F2N2O/c12-11(13)7-16-4-3-15-5-8-1-2-10(14)9(8)6-15/h8-11H,1-7,14H2. The Bertz CT molecular complexity index is 228. The van der Waals surface area contributed by atoms with E-state index in [2.05, 4.69) is 4.90 Å². The van der Waals surface area contributed by atoms with E-state index in [1.165, 1.54) is 6.42 Å². The predicted molar refractivity (Wildman–Crippen MR) is 57.5 cm³/mol. The molecule has 0 aromatic carbocycles.